The Hall–Kier alpha value is -2.37. The molecule has 26 heavy (non-hydrogen) atoms. The molecule has 0 amide bonds. The number of sulfone groups is 1. The van der Waals surface area contributed by atoms with E-state index >= 15 is 0 Å². The molecule has 1 heterocycles. The number of rotatable bonds is 6. The lowest BCUT2D eigenvalue weighted by atomic mass is 10.1. The van der Waals surface area contributed by atoms with Crippen molar-refractivity contribution in [2.24, 2.45) is 0 Å². The van der Waals surface area contributed by atoms with Crippen molar-refractivity contribution in [2.45, 2.75) is 18.2 Å². The molecule has 0 spiro atoms. The first-order chi connectivity index (χ1) is 12.4. The van der Waals surface area contributed by atoms with Crippen LogP contribution in [0.5, 0.6) is 0 Å². The highest BCUT2D eigenvalue weighted by Gasteiger charge is 2.15. The van der Waals surface area contributed by atoms with E-state index in [1.165, 1.54) is 17.5 Å². The smallest absolute Gasteiger partial charge is 0.175 e. The summed E-state index contributed by atoms with van der Waals surface area (Å²) in [4.78, 5) is 0.339. The zero-order chi connectivity index (χ0) is 18.7. The number of hydrogen-bond acceptors (Lipinski definition) is 3. The van der Waals surface area contributed by atoms with Gasteiger partial charge in [0.05, 0.1) is 10.6 Å². The van der Waals surface area contributed by atoms with Crippen LogP contribution in [0.2, 0.25) is 0 Å². The molecular formula is C21H24N2O2S. The maximum absolute atomic E-state index is 11.7. The second-order valence-corrected chi connectivity index (χ2v) is 8.48. The Morgan fingerprint density at radius 1 is 1.00 bits per heavy atom. The van der Waals surface area contributed by atoms with Crippen LogP contribution in [0.4, 0.5) is 0 Å². The van der Waals surface area contributed by atoms with Crippen LogP contribution >= 0.6 is 0 Å². The number of nitrogens with one attached hydrogen (secondary N) is 1. The topological polar surface area (TPSA) is 51.1 Å². The zero-order valence-electron chi connectivity index (χ0n) is 15.4. The second-order valence-electron chi connectivity index (χ2n) is 6.46. The van der Waals surface area contributed by atoms with Crippen LogP contribution in [0, 0.1) is 6.92 Å². The lowest BCUT2D eigenvalue weighted by molar-refractivity contribution is 0.602. The zero-order valence-corrected chi connectivity index (χ0v) is 16.2. The van der Waals surface area contributed by atoms with Crippen LogP contribution in [-0.2, 0) is 16.3 Å². The van der Waals surface area contributed by atoms with E-state index in [1.807, 2.05) is 37.4 Å². The van der Waals surface area contributed by atoms with Gasteiger partial charge in [0.15, 0.2) is 9.84 Å². The number of aromatic nitrogens is 1. The Kier molecular flexibility index (Phi) is 5.30. The Morgan fingerprint density at radius 3 is 2.23 bits per heavy atom. The van der Waals surface area contributed by atoms with Crippen molar-refractivity contribution in [3.8, 4) is 16.9 Å². The average Bonchev–Trinajstić information content (AvgIpc) is 2.96. The highest BCUT2D eigenvalue weighted by atomic mass is 32.2. The van der Waals surface area contributed by atoms with E-state index in [1.54, 1.807) is 12.1 Å². The normalized spacial score (nSPS) is 11.7. The highest BCUT2D eigenvalue weighted by Crippen LogP contribution is 2.30. The summed E-state index contributed by atoms with van der Waals surface area (Å²) in [6.07, 6.45) is 2.17. The molecule has 0 fully saturated rings. The standard InChI is InChI=1S/C21H24N2O2S/c1-16-18(13-14-22-2)15-21(23(16)19-7-5-4-6-8-19)17-9-11-20(12-10-17)26(3,24)25/h4-12,15,22H,13-14H2,1-3H3. The molecule has 1 N–H and O–H groups in total. The molecule has 3 rings (SSSR count). The van der Waals surface area contributed by atoms with Gasteiger partial charge in [0, 0.05) is 17.6 Å². The summed E-state index contributed by atoms with van der Waals surface area (Å²) < 4.78 is 25.7. The Morgan fingerprint density at radius 2 is 1.65 bits per heavy atom. The molecule has 4 nitrogen and oxygen atoms in total. The van der Waals surface area contributed by atoms with Crippen LogP contribution in [0.25, 0.3) is 16.9 Å². The average molecular weight is 369 g/mol. The van der Waals surface area contributed by atoms with E-state index in [4.69, 9.17) is 0 Å². The van der Waals surface area contributed by atoms with Crippen molar-refractivity contribution >= 4 is 9.84 Å². The monoisotopic (exact) mass is 368 g/mol. The van der Waals surface area contributed by atoms with Gasteiger partial charge in [0.1, 0.15) is 0 Å². The second kappa shape index (κ2) is 7.48. The molecule has 1 aromatic heterocycles. The van der Waals surface area contributed by atoms with Gasteiger partial charge in [-0.3, -0.25) is 0 Å². The molecule has 0 aliphatic heterocycles. The molecule has 136 valence electrons. The fraction of sp³-hybridized carbons (Fsp3) is 0.238. The maximum atomic E-state index is 11.7. The number of para-hydroxylation sites is 1. The van der Waals surface area contributed by atoms with E-state index in [0.29, 0.717) is 4.90 Å². The number of hydrogen-bond donors (Lipinski definition) is 1. The number of benzene rings is 2. The van der Waals surface area contributed by atoms with Gasteiger partial charge in [-0.2, -0.15) is 0 Å². The molecule has 0 saturated carbocycles. The molecule has 0 saturated heterocycles. The van der Waals surface area contributed by atoms with Gasteiger partial charge in [-0.25, -0.2) is 8.42 Å². The van der Waals surface area contributed by atoms with Gasteiger partial charge >= 0.3 is 0 Å². The molecule has 0 radical (unpaired) electrons. The van der Waals surface area contributed by atoms with Crippen LogP contribution in [0.1, 0.15) is 11.3 Å². The third-order valence-electron chi connectivity index (χ3n) is 4.59. The maximum Gasteiger partial charge on any atom is 0.175 e. The summed E-state index contributed by atoms with van der Waals surface area (Å²) >= 11 is 0. The number of likely N-dealkylation sites (N-methyl/N-ethyl adjacent to an activating group) is 1. The van der Waals surface area contributed by atoms with E-state index in [-0.39, 0.29) is 0 Å². The minimum absolute atomic E-state index is 0.339. The lowest BCUT2D eigenvalue weighted by Gasteiger charge is -2.13. The van der Waals surface area contributed by atoms with Gasteiger partial charge in [0.2, 0.25) is 0 Å². The van der Waals surface area contributed by atoms with Crippen molar-refractivity contribution in [3.63, 3.8) is 0 Å². The minimum Gasteiger partial charge on any atom is -0.319 e. The Bertz CT molecular complexity index is 988. The molecule has 2 aromatic carbocycles. The van der Waals surface area contributed by atoms with Gasteiger partial charge in [-0.05, 0) is 68.4 Å². The van der Waals surface area contributed by atoms with E-state index in [2.05, 4.69) is 35.0 Å². The minimum atomic E-state index is -3.19. The predicted molar refractivity (Wildman–Crippen MR) is 107 cm³/mol. The van der Waals surface area contributed by atoms with Crippen LogP contribution < -0.4 is 5.32 Å². The summed E-state index contributed by atoms with van der Waals surface area (Å²) in [5.74, 6) is 0. The molecular weight excluding hydrogens is 344 g/mol. The quantitative estimate of drug-likeness (QED) is 0.723. The third kappa shape index (κ3) is 3.74. The van der Waals surface area contributed by atoms with E-state index in [0.717, 1.165) is 29.9 Å². The van der Waals surface area contributed by atoms with Crippen molar-refractivity contribution in [2.75, 3.05) is 19.8 Å². The van der Waals surface area contributed by atoms with Crippen LogP contribution in [-0.4, -0.2) is 32.8 Å². The Balaban J connectivity index is 2.13. The first kappa shape index (κ1) is 18.4. The third-order valence-corrected chi connectivity index (χ3v) is 5.72. The lowest BCUT2D eigenvalue weighted by Crippen LogP contribution is -2.10. The SMILES string of the molecule is CNCCc1cc(-c2ccc(S(C)(=O)=O)cc2)n(-c2ccccc2)c1C. The molecule has 0 bridgehead atoms. The first-order valence-corrected chi connectivity index (χ1v) is 10.5. The first-order valence-electron chi connectivity index (χ1n) is 8.63. The fourth-order valence-electron chi connectivity index (χ4n) is 3.17. The molecule has 0 aliphatic rings. The van der Waals surface area contributed by atoms with Crippen molar-refractivity contribution in [1.29, 1.82) is 0 Å². The largest absolute Gasteiger partial charge is 0.319 e. The molecule has 5 heteroatoms. The fourth-order valence-corrected chi connectivity index (χ4v) is 3.80. The van der Waals surface area contributed by atoms with Crippen LogP contribution in [0.3, 0.4) is 0 Å². The van der Waals surface area contributed by atoms with Crippen molar-refractivity contribution < 1.29 is 8.42 Å². The molecule has 0 atom stereocenters. The van der Waals surface area contributed by atoms with E-state index in [9.17, 15) is 8.42 Å². The summed E-state index contributed by atoms with van der Waals surface area (Å²) in [6.45, 7) is 3.04. The summed E-state index contributed by atoms with van der Waals surface area (Å²) in [5.41, 5.74) is 5.65. The molecule has 0 aliphatic carbocycles. The van der Waals surface area contributed by atoms with Crippen LogP contribution in [0.15, 0.2) is 65.6 Å². The van der Waals surface area contributed by atoms with Crippen molar-refractivity contribution in [1.82, 2.24) is 9.88 Å². The van der Waals surface area contributed by atoms with Gasteiger partial charge < -0.3 is 9.88 Å². The summed E-state index contributed by atoms with van der Waals surface area (Å²) in [7, 11) is -1.24. The van der Waals surface area contributed by atoms with Gasteiger partial charge in [0.25, 0.3) is 0 Å². The highest BCUT2D eigenvalue weighted by molar-refractivity contribution is 7.90. The Labute approximate surface area is 155 Å². The summed E-state index contributed by atoms with van der Waals surface area (Å²) in [5, 5.41) is 3.20. The van der Waals surface area contributed by atoms with Crippen molar-refractivity contribution in [3.05, 3.63) is 71.9 Å². The number of nitrogens with zero attached hydrogens (tertiary/aromatic N) is 1. The van der Waals surface area contributed by atoms with E-state index < -0.39 is 9.84 Å². The summed E-state index contributed by atoms with van der Waals surface area (Å²) in [6, 6.07) is 19.5. The van der Waals surface area contributed by atoms with Gasteiger partial charge in [-0.1, -0.05) is 30.3 Å². The molecule has 3 aromatic rings. The van der Waals surface area contributed by atoms with Gasteiger partial charge in [-0.15, -0.1) is 0 Å². The predicted octanol–water partition coefficient (Wildman–Crippen LogP) is 3.62. The molecule has 0 unspecified atom stereocenters.